The highest BCUT2D eigenvalue weighted by atomic mass is 19.1. The average Bonchev–Trinajstić information content (AvgIpc) is 2.67. The summed E-state index contributed by atoms with van der Waals surface area (Å²) < 4.78 is 19.2. The number of benzene rings is 2. The number of guanidine groups is 1. The first kappa shape index (κ1) is 23.2. The number of para-hydroxylation sites is 1. The molecule has 2 aromatic carbocycles. The van der Waals surface area contributed by atoms with Gasteiger partial charge in [0.1, 0.15) is 17.2 Å². The second-order valence-corrected chi connectivity index (χ2v) is 7.83. The third kappa shape index (κ3) is 8.51. The van der Waals surface area contributed by atoms with Crippen molar-refractivity contribution in [2.75, 3.05) is 20.1 Å². The zero-order valence-corrected chi connectivity index (χ0v) is 18.1. The fourth-order valence-corrected chi connectivity index (χ4v) is 2.76. The van der Waals surface area contributed by atoms with Crippen LogP contribution < -0.4 is 20.7 Å². The Balaban J connectivity index is 1.75. The minimum absolute atomic E-state index is 0.148. The van der Waals surface area contributed by atoms with Crippen LogP contribution in [0.1, 0.15) is 31.9 Å². The largest absolute Gasteiger partial charge is 0.488 e. The molecule has 0 saturated carbocycles. The molecule has 0 saturated heterocycles. The van der Waals surface area contributed by atoms with E-state index in [9.17, 15) is 9.18 Å². The lowest BCUT2D eigenvalue weighted by Crippen LogP contribution is -2.41. The molecular weight excluding hydrogens is 383 g/mol. The molecule has 0 aliphatic heterocycles. The molecule has 30 heavy (non-hydrogen) atoms. The molecule has 2 aromatic rings. The summed E-state index contributed by atoms with van der Waals surface area (Å²) in [6, 6.07) is 13.9. The average molecular weight is 415 g/mol. The quantitative estimate of drug-likeness (QED) is 0.353. The van der Waals surface area contributed by atoms with Gasteiger partial charge in [-0.25, -0.2) is 4.39 Å². The maximum Gasteiger partial charge on any atom is 0.224 e. The van der Waals surface area contributed by atoms with Crippen molar-refractivity contribution in [3.63, 3.8) is 0 Å². The molecule has 6 nitrogen and oxygen atoms in total. The number of halogens is 1. The molecule has 3 N–H and O–H groups in total. The van der Waals surface area contributed by atoms with Crippen molar-refractivity contribution >= 4 is 11.9 Å². The summed E-state index contributed by atoms with van der Waals surface area (Å²) in [6.07, 6.45) is 0.148. The number of nitrogens with zero attached hydrogens (tertiary/aromatic N) is 1. The first-order valence-corrected chi connectivity index (χ1v) is 9.99. The number of hydrogen-bond acceptors (Lipinski definition) is 3. The molecular formula is C23H31FN4O2. The minimum atomic E-state index is -0.341. The zero-order valence-electron chi connectivity index (χ0n) is 18.1. The Morgan fingerprint density at radius 2 is 1.77 bits per heavy atom. The van der Waals surface area contributed by atoms with Gasteiger partial charge in [-0.1, -0.05) is 30.3 Å². The Morgan fingerprint density at radius 1 is 1.03 bits per heavy atom. The van der Waals surface area contributed by atoms with Crippen LogP contribution in [0.25, 0.3) is 0 Å². The predicted octanol–water partition coefficient (Wildman–Crippen LogP) is 3.03. The van der Waals surface area contributed by atoms with Crippen molar-refractivity contribution in [3.05, 3.63) is 65.5 Å². The Labute approximate surface area is 177 Å². The van der Waals surface area contributed by atoms with E-state index in [-0.39, 0.29) is 23.7 Å². The lowest BCUT2D eigenvalue weighted by atomic mass is 10.1. The van der Waals surface area contributed by atoms with Gasteiger partial charge in [0.15, 0.2) is 5.96 Å². The van der Waals surface area contributed by atoms with Crippen LogP contribution in [0.4, 0.5) is 4.39 Å². The van der Waals surface area contributed by atoms with E-state index in [4.69, 9.17) is 4.74 Å². The molecule has 0 radical (unpaired) electrons. The number of aliphatic imine (C=N–C) groups is 1. The van der Waals surface area contributed by atoms with Crippen molar-refractivity contribution in [1.29, 1.82) is 0 Å². The predicted molar refractivity (Wildman–Crippen MR) is 118 cm³/mol. The molecule has 0 aliphatic carbocycles. The fraction of sp³-hybridized carbons (Fsp3) is 0.391. The van der Waals surface area contributed by atoms with Gasteiger partial charge in [0.2, 0.25) is 5.91 Å². The van der Waals surface area contributed by atoms with Crippen LogP contribution in [0.5, 0.6) is 5.75 Å². The third-order valence-electron chi connectivity index (χ3n) is 4.05. The van der Waals surface area contributed by atoms with E-state index in [1.165, 1.54) is 12.1 Å². The van der Waals surface area contributed by atoms with Gasteiger partial charge >= 0.3 is 0 Å². The number of amides is 1. The highest BCUT2D eigenvalue weighted by Crippen LogP contribution is 2.22. The number of nitrogens with one attached hydrogen (secondary N) is 3. The molecule has 0 aliphatic rings. The molecule has 7 heteroatoms. The Hall–Kier alpha value is -3.09. The molecule has 0 spiro atoms. The van der Waals surface area contributed by atoms with E-state index in [1.807, 2.05) is 45.0 Å². The third-order valence-corrected chi connectivity index (χ3v) is 4.05. The molecule has 0 atom stereocenters. The van der Waals surface area contributed by atoms with Gasteiger partial charge in [-0.2, -0.15) is 0 Å². The Kier molecular flexibility index (Phi) is 8.65. The standard InChI is InChI=1S/C23H31FN4O2/c1-23(2,3)30-20-11-6-5-9-18(20)16-28-22(25-4)27-13-12-26-21(29)15-17-8-7-10-19(24)14-17/h5-11,14H,12-13,15-16H2,1-4H3,(H,26,29)(H2,25,27,28). The molecule has 0 bridgehead atoms. The number of ether oxygens (including phenoxy) is 1. The number of carbonyl (C=O) groups is 1. The van der Waals surface area contributed by atoms with E-state index in [0.29, 0.717) is 31.2 Å². The second-order valence-electron chi connectivity index (χ2n) is 7.83. The minimum Gasteiger partial charge on any atom is -0.488 e. The normalized spacial score (nSPS) is 11.7. The second kappa shape index (κ2) is 11.2. The van der Waals surface area contributed by atoms with E-state index in [2.05, 4.69) is 20.9 Å². The molecule has 0 heterocycles. The van der Waals surface area contributed by atoms with E-state index >= 15 is 0 Å². The van der Waals surface area contributed by atoms with Gasteiger partial charge in [-0.15, -0.1) is 0 Å². The van der Waals surface area contributed by atoms with Crippen LogP contribution in [0.3, 0.4) is 0 Å². The Morgan fingerprint density at radius 3 is 2.47 bits per heavy atom. The van der Waals surface area contributed by atoms with E-state index < -0.39 is 0 Å². The van der Waals surface area contributed by atoms with Crippen molar-refractivity contribution in [2.45, 2.75) is 39.3 Å². The monoisotopic (exact) mass is 414 g/mol. The summed E-state index contributed by atoms with van der Waals surface area (Å²) in [5.74, 6) is 0.961. The first-order chi connectivity index (χ1) is 14.3. The summed E-state index contributed by atoms with van der Waals surface area (Å²) in [7, 11) is 1.69. The lowest BCUT2D eigenvalue weighted by Gasteiger charge is -2.23. The summed E-state index contributed by atoms with van der Waals surface area (Å²) in [6.45, 7) is 7.53. The van der Waals surface area contributed by atoms with Crippen LogP contribution in [0.15, 0.2) is 53.5 Å². The van der Waals surface area contributed by atoms with E-state index in [0.717, 1.165) is 11.3 Å². The molecule has 0 unspecified atom stereocenters. The molecule has 1 amide bonds. The molecule has 0 aromatic heterocycles. The number of hydrogen-bond donors (Lipinski definition) is 3. The molecule has 0 fully saturated rings. The van der Waals surface area contributed by atoms with Gasteiger partial charge in [0.25, 0.3) is 0 Å². The molecule has 2 rings (SSSR count). The van der Waals surface area contributed by atoms with Crippen molar-refractivity contribution < 1.29 is 13.9 Å². The SMILES string of the molecule is CN=C(NCCNC(=O)Cc1cccc(F)c1)NCc1ccccc1OC(C)(C)C. The summed E-state index contributed by atoms with van der Waals surface area (Å²) in [4.78, 5) is 16.2. The van der Waals surface area contributed by atoms with Gasteiger partial charge in [0, 0.05) is 32.2 Å². The van der Waals surface area contributed by atoms with Gasteiger partial charge in [-0.05, 0) is 44.5 Å². The van der Waals surface area contributed by atoms with Gasteiger partial charge in [-0.3, -0.25) is 9.79 Å². The van der Waals surface area contributed by atoms with Crippen LogP contribution in [-0.2, 0) is 17.8 Å². The van der Waals surface area contributed by atoms with Gasteiger partial charge in [0.05, 0.1) is 6.42 Å². The summed E-state index contributed by atoms with van der Waals surface area (Å²) in [5, 5.41) is 9.22. The molecule has 162 valence electrons. The highest BCUT2D eigenvalue weighted by molar-refractivity contribution is 5.80. The maximum atomic E-state index is 13.2. The highest BCUT2D eigenvalue weighted by Gasteiger charge is 2.14. The number of rotatable bonds is 8. The van der Waals surface area contributed by atoms with Crippen molar-refractivity contribution in [3.8, 4) is 5.75 Å². The lowest BCUT2D eigenvalue weighted by molar-refractivity contribution is -0.120. The maximum absolute atomic E-state index is 13.2. The van der Waals surface area contributed by atoms with Crippen LogP contribution in [0, 0.1) is 5.82 Å². The van der Waals surface area contributed by atoms with Crippen LogP contribution in [-0.4, -0.2) is 37.6 Å². The van der Waals surface area contributed by atoms with Crippen LogP contribution >= 0.6 is 0 Å². The van der Waals surface area contributed by atoms with E-state index in [1.54, 1.807) is 19.2 Å². The van der Waals surface area contributed by atoms with Crippen LogP contribution in [0.2, 0.25) is 0 Å². The topological polar surface area (TPSA) is 74.8 Å². The van der Waals surface area contributed by atoms with Crippen molar-refractivity contribution in [2.24, 2.45) is 4.99 Å². The smallest absolute Gasteiger partial charge is 0.224 e. The summed E-state index contributed by atoms with van der Waals surface area (Å²) >= 11 is 0. The summed E-state index contributed by atoms with van der Waals surface area (Å²) in [5.41, 5.74) is 1.40. The van der Waals surface area contributed by atoms with Gasteiger partial charge < -0.3 is 20.7 Å². The fourth-order valence-electron chi connectivity index (χ4n) is 2.76. The first-order valence-electron chi connectivity index (χ1n) is 9.99. The zero-order chi connectivity index (χ0) is 22.0. The Bertz CT molecular complexity index is 862. The van der Waals surface area contributed by atoms with Crippen molar-refractivity contribution in [1.82, 2.24) is 16.0 Å². The number of carbonyl (C=O) groups excluding carboxylic acids is 1.